The number of aromatic nitrogens is 2. The van der Waals surface area contributed by atoms with Crippen LogP contribution in [0.15, 0.2) is 24.3 Å². The maximum Gasteiger partial charge on any atom is 0.224 e. The second-order valence-corrected chi connectivity index (χ2v) is 3.72. The summed E-state index contributed by atoms with van der Waals surface area (Å²) in [4.78, 5) is 7.87. The molecule has 0 saturated heterocycles. The Hall–Kier alpha value is -2.17. The molecule has 2 rings (SSSR count). The van der Waals surface area contributed by atoms with Crippen LogP contribution in [0.2, 0.25) is 0 Å². The Bertz CT molecular complexity index is 537. The number of hydrogen-bond acceptors (Lipinski definition) is 4. The Morgan fingerprint density at radius 3 is 2.59 bits per heavy atom. The largest absolute Gasteiger partial charge is 0.439 e. The first-order valence-corrected chi connectivity index (χ1v) is 5.10. The van der Waals surface area contributed by atoms with Crippen molar-refractivity contribution in [3.05, 3.63) is 41.3 Å². The van der Waals surface area contributed by atoms with Crippen LogP contribution in [-0.2, 0) is 0 Å². The molecule has 88 valence electrons. The molecule has 4 nitrogen and oxygen atoms in total. The van der Waals surface area contributed by atoms with Gasteiger partial charge in [0.2, 0.25) is 11.8 Å². The fraction of sp³-hybridized carbons (Fsp3) is 0.167. The average molecular weight is 233 g/mol. The van der Waals surface area contributed by atoms with E-state index in [1.807, 2.05) is 0 Å². The lowest BCUT2D eigenvalue weighted by atomic mass is 10.2. The molecule has 0 atom stereocenters. The maximum absolute atomic E-state index is 13.1. The summed E-state index contributed by atoms with van der Waals surface area (Å²) in [6.07, 6.45) is 0. The quantitative estimate of drug-likeness (QED) is 0.866. The van der Waals surface area contributed by atoms with Crippen molar-refractivity contribution in [3.8, 4) is 11.6 Å². The van der Waals surface area contributed by atoms with Crippen LogP contribution in [0.25, 0.3) is 0 Å². The van der Waals surface area contributed by atoms with Gasteiger partial charge in [0.25, 0.3) is 0 Å². The molecule has 0 aliphatic rings. The SMILES string of the molecule is Cc1cc(Oc2ccc(F)c(C)c2)nc(N)n1. The highest BCUT2D eigenvalue weighted by atomic mass is 19.1. The van der Waals surface area contributed by atoms with Crippen molar-refractivity contribution in [2.45, 2.75) is 13.8 Å². The molecular weight excluding hydrogens is 221 g/mol. The molecular formula is C12H12FN3O. The van der Waals surface area contributed by atoms with Gasteiger partial charge in [-0.1, -0.05) is 0 Å². The number of nitrogens with zero attached hydrogens (tertiary/aromatic N) is 2. The van der Waals surface area contributed by atoms with Gasteiger partial charge in [0, 0.05) is 11.8 Å². The van der Waals surface area contributed by atoms with Crippen molar-refractivity contribution < 1.29 is 9.13 Å². The topological polar surface area (TPSA) is 61.0 Å². The molecule has 1 aromatic heterocycles. The van der Waals surface area contributed by atoms with Gasteiger partial charge in [0.05, 0.1) is 0 Å². The van der Waals surface area contributed by atoms with E-state index in [4.69, 9.17) is 10.5 Å². The summed E-state index contributed by atoms with van der Waals surface area (Å²) < 4.78 is 18.5. The molecule has 0 aliphatic heterocycles. The molecule has 1 heterocycles. The van der Waals surface area contributed by atoms with Crippen LogP contribution in [-0.4, -0.2) is 9.97 Å². The predicted octanol–water partition coefficient (Wildman–Crippen LogP) is 2.61. The van der Waals surface area contributed by atoms with E-state index in [0.717, 1.165) is 0 Å². The van der Waals surface area contributed by atoms with Crippen molar-refractivity contribution in [3.63, 3.8) is 0 Å². The van der Waals surface area contributed by atoms with Gasteiger partial charge in [-0.25, -0.2) is 9.37 Å². The minimum absolute atomic E-state index is 0.152. The summed E-state index contributed by atoms with van der Waals surface area (Å²) in [5.74, 6) is 0.747. The second-order valence-electron chi connectivity index (χ2n) is 3.72. The molecule has 1 aromatic carbocycles. The molecule has 0 bridgehead atoms. The smallest absolute Gasteiger partial charge is 0.224 e. The van der Waals surface area contributed by atoms with Crippen molar-refractivity contribution in [2.75, 3.05) is 5.73 Å². The van der Waals surface area contributed by atoms with E-state index in [1.54, 1.807) is 26.0 Å². The maximum atomic E-state index is 13.1. The minimum atomic E-state index is -0.268. The van der Waals surface area contributed by atoms with Crippen molar-refractivity contribution in [2.24, 2.45) is 0 Å². The zero-order valence-electron chi connectivity index (χ0n) is 9.57. The van der Waals surface area contributed by atoms with Crippen molar-refractivity contribution >= 4 is 5.95 Å². The van der Waals surface area contributed by atoms with E-state index in [-0.39, 0.29) is 11.8 Å². The molecule has 0 radical (unpaired) electrons. The fourth-order valence-corrected chi connectivity index (χ4v) is 1.42. The molecule has 0 aliphatic carbocycles. The highest BCUT2D eigenvalue weighted by Crippen LogP contribution is 2.22. The summed E-state index contributed by atoms with van der Waals surface area (Å²) >= 11 is 0. The summed E-state index contributed by atoms with van der Waals surface area (Å²) in [6, 6.07) is 6.15. The number of ether oxygens (including phenoxy) is 1. The van der Waals surface area contributed by atoms with Crippen LogP contribution in [0, 0.1) is 19.7 Å². The second kappa shape index (κ2) is 4.37. The highest BCUT2D eigenvalue weighted by Gasteiger charge is 2.04. The summed E-state index contributed by atoms with van der Waals surface area (Å²) in [7, 11) is 0. The Morgan fingerprint density at radius 2 is 1.94 bits per heavy atom. The number of rotatable bonds is 2. The van der Waals surface area contributed by atoms with Gasteiger partial charge >= 0.3 is 0 Å². The standard InChI is InChI=1S/C12H12FN3O/c1-7-5-9(3-4-10(7)13)17-11-6-8(2)15-12(14)16-11/h3-6H,1-2H3,(H2,14,15,16). The van der Waals surface area contributed by atoms with E-state index >= 15 is 0 Å². The van der Waals surface area contributed by atoms with Gasteiger partial charge in [-0.3, -0.25) is 0 Å². The molecule has 5 heteroatoms. The van der Waals surface area contributed by atoms with Gasteiger partial charge < -0.3 is 10.5 Å². The van der Waals surface area contributed by atoms with E-state index in [9.17, 15) is 4.39 Å². The number of halogens is 1. The van der Waals surface area contributed by atoms with Crippen LogP contribution in [0.1, 0.15) is 11.3 Å². The van der Waals surface area contributed by atoms with E-state index < -0.39 is 0 Å². The third-order valence-electron chi connectivity index (χ3n) is 2.20. The number of benzene rings is 1. The molecule has 0 saturated carbocycles. The first-order chi connectivity index (χ1) is 8.04. The number of anilines is 1. The normalized spacial score (nSPS) is 10.3. The summed E-state index contributed by atoms with van der Waals surface area (Å²) in [6.45, 7) is 3.46. The zero-order valence-corrected chi connectivity index (χ0v) is 9.57. The lowest BCUT2D eigenvalue weighted by Gasteiger charge is -2.07. The van der Waals surface area contributed by atoms with Gasteiger partial charge in [-0.2, -0.15) is 4.98 Å². The Kier molecular flexibility index (Phi) is 2.91. The van der Waals surface area contributed by atoms with Gasteiger partial charge in [-0.15, -0.1) is 0 Å². The predicted molar refractivity (Wildman–Crippen MR) is 62.4 cm³/mol. The zero-order chi connectivity index (χ0) is 12.4. The molecule has 0 spiro atoms. The third kappa shape index (κ3) is 2.69. The molecule has 0 fully saturated rings. The van der Waals surface area contributed by atoms with Crippen LogP contribution >= 0.6 is 0 Å². The Balaban J connectivity index is 2.28. The van der Waals surface area contributed by atoms with Crippen LogP contribution in [0.3, 0.4) is 0 Å². The molecule has 0 amide bonds. The third-order valence-corrected chi connectivity index (χ3v) is 2.20. The Morgan fingerprint density at radius 1 is 1.18 bits per heavy atom. The fourth-order valence-electron chi connectivity index (χ4n) is 1.42. The van der Waals surface area contributed by atoms with Crippen LogP contribution < -0.4 is 10.5 Å². The first kappa shape index (κ1) is 11.3. The van der Waals surface area contributed by atoms with Crippen molar-refractivity contribution in [1.82, 2.24) is 9.97 Å². The average Bonchev–Trinajstić information content (AvgIpc) is 2.22. The Labute approximate surface area is 98.3 Å². The molecule has 17 heavy (non-hydrogen) atoms. The summed E-state index contributed by atoms with van der Waals surface area (Å²) in [5.41, 5.74) is 6.73. The van der Waals surface area contributed by atoms with E-state index in [1.165, 1.54) is 12.1 Å². The van der Waals surface area contributed by atoms with Crippen LogP contribution in [0.4, 0.5) is 10.3 Å². The first-order valence-electron chi connectivity index (χ1n) is 5.10. The van der Waals surface area contributed by atoms with Gasteiger partial charge in [-0.05, 0) is 37.6 Å². The molecule has 2 N–H and O–H groups in total. The molecule has 0 unspecified atom stereocenters. The number of aryl methyl sites for hydroxylation is 2. The minimum Gasteiger partial charge on any atom is -0.439 e. The number of nitrogen functional groups attached to an aromatic ring is 1. The lowest BCUT2D eigenvalue weighted by molar-refractivity contribution is 0.459. The highest BCUT2D eigenvalue weighted by molar-refractivity contribution is 5.33. The summed E-state index contributed by atoms with van der Waals surface area (Å²) in [5, 5.41) is 0. The molecule has 2 aromatic rings. The van der Waals surface area contributed by atoms with Crippen molar-refractivity contribution in [1.29, 1.82) is 0 Å². The van der Waals surface area contributed by atoms with E-state index in [2.05, 4.69) is 9.97 Å². The van der Waals surface area contributed by atoms with Gasteiger partial charge in [0.15, 0.2) is 0 Å². The van der Waals surface area contributed by atoms with Gasteiger partial charge in [0.1, 0.15) is 11.6 Å². The van der Waals surface area contributed by atoms with Crippen LogP contribution in [0.5, 0.6) is 11.6 Å². The lowest BCUT2D eigenvalue weighted by Crippen LogP contribution is -1.98. The van der Waals surface area contributed by atoms with E-state index in [0.29, 0.717) is 22.9 Å². The monoisotopic (exact) mass is 233 g/mol. The number of nitrogens with two attached hydrogens (primary N) is 1. The number of hydrogen-bond donors (Lipinski definition) is 1.